The van der Waals surface area contributed by atoms with E-state index in [4.69, 9.17) is 5.73 Å². The third-order valence-electron chi connectivity index (χ3n) is 4.07. The van der Waals surface area contributed by atoms with Crippen molar-refractivity contribution in [3.63, 3.8) is 0 Å². The first kappa shape index (κ1) is 16.8. The van der Waals surface area contributed by atoms with Gasteiger partial charge in [-0.2, -0.15) is 0 Å². The Morgan fingerprint density at radius 2 is 1.80 bits per heavy atom. The van der Waals surface area contributed by atoms with Crippen molar-refractivity contribution in [2.75, 3.05) is 12.3 Å². The molecule has 20 heavy (non-hydrogen) atoms. The average molecular weight is 297 g/mol. The van der Waals surface area contributed by atoms with E-state index in [0.29, 0.717) is 12.3 Å². The van der Waals surface area contributed by atoms with Crippen molar-refractivity contribution in [1.82, 2.24) is 5.32 Å². The highest BCUT2D eigenvalue weighted by molar-refractivity contribution is 5.85. The lowest BCUT2D eigenvalue weighted by Gasteiger charge is -2.26. The second kappa shape index (κ2) is 8.15. The normalized spacial score (nSPS) is 21.9. The van der Waals surface area contributed by atoms with Crippen LogP contribution in [0.25, 0.3) is 0 Å². The lowest BCUT2D eigenvalue weighted by atomic mass is 9.83. The molecule has 0 atom stereocenters. The smallest absolute Gasteiger partial charge is 0.224 e. The van der Waals surface area contributed by atoms with Gasteiger partial charge in [0.25, 0.3) is 0 Å². The Morgan fingerprint density at radius 1 is 1.20 bits per heavy atom. The van der Waals surface area contributed by atoms with Crippen molar-refractivity contribution in [3.8, 4) is 0 Å². The quantitative estimate of drug-likeness (QED) is 0.839. The molecule has 4 heteroatoms. The molecule has 0 aliphatic heterocycles. The second-order valence-electron chi connectivity index (χ2n) is 5.85. The van der Waals surface area contributed by atoms with Crippen LogP contribution in [0.1, 0.15) is 38.2 Å². The minimum atomic E-state index is 0. The Kier molecular flexibility index (Phi) is 6.86. The molecule has 1 aromatic rings. The van der Waals surface area contributed by atoms with E-state index in [1.54, 1.807) is 0 Å². The van der Waals surface area contributed by atoms with Gasteiger partial charge in [0.1, 0.15) is 0 Å². The SMILES string of the molecule is CC1CCC(CNC(=O)Cc2ccc(N)cc2)CC1.Cl. The Labute approximate surface area is 127 Å². The number of anilines is 1. The third-order valence-corrected chi connectivity index (χ3v) is 4.07. The van der Waals surface area contributed by atoms with E-state index in [-0.39, 0.29) is 18.3 Å². The van der Waals surface area contributed by atoms with Gasteiger partial charge in [-0.25, -0.2) is 0 Å². The van der Waals surface area contributed by atoms with Gasteiger partial charge in [-0.15, -0.1) is 12.4 Å². The molecule has 3 N–H and O–H groups in total. The first-order valence-electron chi connectivity index (χ1n) is 7.24. The van der Waals surface area contributed by atoms with Crippen LogP contribution in [0.15, 0.2) is 24.3 Å². The molecule has 0 spiro atoms. The number of amides is 1. The Hall–Kier alpha value is -1.22. The molecule has 0 saturated heterocycles. The van der Waals surface area contributed by atoms with Crippen LogP contribution in [0.5, 0.6) is 0 Å². The Balaban J connectivity index is 0.00000200. The molecule has 1 fully saturated rings. The molecule has 1 amide bonds. The number of carbonyl (C=O) groups is 1. The van der Waals surface area contributed by atoms with Crippen molar-refractivity contribution in [3.05, 3.63) is 29.8 Å². The largest absolute Gasteiger partial charge is 0.399 e. The predicted octanol–water partition coefficient (Wildman–Crippen LogP) is 3.18. The number of hydrogen-bond donors (Lipinski definition) is 2. The summed E-state index contributed by atoms with van der Waals surface area (Å²) in [4.78, 5) is 11.9. The van der Waals surface area contributed by atoms with Gasteiger partial charge in [0.2, 0.25) is 5.91 Å². The first-order chi connectivity index (χ1) is 9.13. The molecule has 1 aliphatic carbocycles. The van der Waals surface area contributed by atoms with Crippen molar-refractivity contribution < 1.29 is 4.79 Å². The maximum atomic E-state index is 11.9. The minimum Gasteiger partial charge on any atom is -0.399 e. The zero-order chi connectivity index (χ0) is 13.7. The summed E-state index contributed by atoms with van der Waals surface area (Å²) in [7, 11) is 0. The third kappa shape index (κ3) is 5.41. The Morgan fingerprint density at radius 3 is 2.40 bits per heavy atom. The summed E-state index contributed by atoms with van der Waals surface area (Å²) in [5, 5.41) is 3.06. The molecular formula is C16H25ClN2O. The molecule has 0 bridgehead atoms. The van der Waals surface area contributed by atoms with Crippen LogP contribution in [-0.4, -0.2) is 12.5 Å². The molecule has 112 valence electrons. The number of rotatable bonds is 4. The van der Waals surface area contributed by atoms with Gasteiger partial charge in [0.15, 0.2) is 0 Å². The summed E-state index contributed by atoms with van der Waals surface area (Å²) >= 11 is 0. The lowest BCUT2D eigenvalue weighted by Crippen LogP contribution is -2.32. The van der Waals surface area contributed by atoms with Gasteiger partial charge in [-0.3, -0.25) is 4.79 Å². The van der Waals surface area contributed by atoms with Gasteiger partial charge in [0.05, 0.1) is 6.42 Å². The van der Waals surface area contributed by atoms with Gasteiger partial charge in [-0.1, -0.05) is 31.9 Å². The van der Waals surface area contributed by atoms with Gasteiger partial charge in [0, 0.05) is 12.2 Å². The maximum absolute atomic E-state index is 11.9. The molecular weight excluding hydrogens is 272 g/mol. The molecule has 0 unspecified atom stereocenters. The van der Waals surface area contributed by atoms with Crippen LogP contribution in [0.2, 0.25) is 0 Å². The summed E-state index contributed by atoms with van der Waals surface area (Å²) < 4.78 is 0. The van der Waals surface area contributed by atoms with E-state index in [1.807, 2.05) is 24.3 Å². The van der Waals surface area contributed by atoms with Crippen LogP contribution in [0.3, 0.4) is 0 Å². The number of nitrogen functional groups attached to an aromatic ring is 1. The molecule has 0 radical (unpaired) electrons. The highest BCUT2D eigenvalue weighted by Gasteiger charge is 2.18. The fourth-order valence-electron chi connectivity index (χ4n) is 2.67. The van der Waals surface area contributed by atoms with Crippen LogP contribution in [0, 0.1) is 11.8 Å². The fourth-order valence-corrected chi connectivity index (χ4v) is 2.67. The summed E-state index contributed by atoms with van der Waals surface area (Å²) in [6, 6.07) is 7.50. The zero-order valence-electron chi connectivity index (χ0n) is 12.1. The van der Waals surface area contributed by atoms with Gasteiger partial charge in [-0.05, 0) is 42.4 Å². The summed E-state index contributed by atoms with van der Waals surface area (Å²) in [6.07, 6.45) is 5.56. The lowest BCUT2D eigenvalue weighted by molar-refractivity contribution is -0.120. The summed E-state index contributed by atoms with van der Waals surface area (Å²) in [5.74, 6) is 1.65. The van der Waals surface area contributed by atoms with E-state index in [2.05, 4.69) is 12.2 Å². The van der Waals surface area contributed by atoms with Crippen molar-refractivity contribution in [2.24, 2.45) is 11.8 Å². The Bertz CT molecular complexity index is 411. The summed E-state index contributed by atoms with van der Waals surface area (Å²) in [5.41, 5.74) is 7.38. The molecule has 1 aromatic carbocycles. The van der Waals surface area contributed by atoms with E-state index >= 15 is 0 Å². The number of benzene rings is 1. The van der Waals surface area contributed by atoms with Crippen LogP contribution >= 0.6 is 12.4 Å². The number of carbonyl (C=O) groups excluding carboxylic acids is 1. The fraction of sp³-hybridized carbons (Fsp3) is 0.562. The predicted molar refractivity (Wildman–Crippen MR) is 85.9 cm³/mol. The topological polar surface area (TPSA) is 55.1 Å². The summed E-state index contributed by atoms with van der Waals surface area (Å²) in [6.45, 7) is 3.15. The molecule has 1 aliphatic rings. The average Bonchev–Trinajstić information content (AvgIpc) is 2.41. The number of halogens is 1. The molecule has 0 heterocycles. The number of hydrogen-bond acceptors (Lipinski definition) is 2. The molecule has 0 aromatic heterocycles. The number of nitrogens with two attached hydrogens (primary N) is 1. The van der Waals surface area contributed by atoms with Crippen molar-refractivity contribution in [1.29, 1.82) is 0 Å². The van der Waals surface area contributed by atoms with E-state index in [9.17, 15) is 4.79 Å². The van der Waals surface area contributed by atoms with Crippen LogP contribution in [0.4, 0.5) is 5.69 Å². The van der Waals surface area contributed by atoms with Gasteiger partial charge >= 0.3 is 0 Å². The molecule has 2 rings (SSSR count). The molecule has 3 nitrogen and oxygen atoms in total. The van der Waals surface area contributed by atoms with Crippen LogP contribution < -0.4 is 11.1 Å². The highest BCUT2D eigenvalue weighted by Crippen LogP contribution is 2.27. The van der Waals surface area contributed by atoms with Crippen LogP contribution in [-0.2, 0) is 11.2 Å². The van der Waals surface area contributed by atoms with E-state index in [1.165, 1.54) is 25.7 Å². The minimum absolute atomic E-state index is 0. The second-order valence-corrected chi connectivity index (χ2v) is 5.85. The monoisotopic (exact) mass is 296 g/mol. The van der Waals surface area contributed by atoms with E-state index in [0.717, 1.165) is 23.7 Å². The van der Waals surface area contributed by atoms with Crippen molar-refractivity contribution in [2.45, 2.75) is 39.0 Å². The highest BCUT2D eigenvalue weighted by atomic mass is 35.5. The van der Waals surface area contributed by atoms with Gasteiger partial charge < -0.3 is 11.1 Å². The van der Waals surface area contributed by atoms with Crippen molar-refractivity contribution >= 4 is 24.0 Å². The van der Waals surface area contributed by atoms with E-state index < -0.39 is 0 Å². The molecule has 1 saturated carbocycles. The standard InChI is InChI=1S/C16H24N2O.ClH/c1-12-2-4-14(5-3-12)11-18-16(19)10-13-6-8-15(17)9-7-13;/h6-9,12,14H,2-5,10-11,17H2,1H3,(H,18,19);1H. The first-order valence-corrected chi connectivity index (χ1v) is 7.24. The maximum Gasteiger partial charge on any atom is 0.224 e. The number of nitrogens with one attached hydrogen (secondary N) is 1. The zero-order valence-corrected chi connectivity index (χ0v) is 12.9.